The summed E-state index contributed by atoms with van der Waals surface area (Å²) >= 11 is 0. The Kier molecular flexibility index (Phi) is 6.08. The van der Waals surface area contributed by atoms with Crippen LogP contribution in [0.2, 0.25) is 0 Å². The Balaban J connectivity index is 2.06. The minimum atomic E-state index is -3.62. The molecule has 1 atom stereocenters. The lowest BCUT2D eigenvalue weighted by Crippen LogP contribution is -2.35. The Morgan fingerprint density at radius 1 is 1.08 bits per heavy atom. The summed E-state index contributed by atoms with van der Waals surface area (Å²) in [5, 5.41) is 2.72. The zero-order chi connectivity index (χ0) is 17.6. The molecule has 0 fully saturated rings. The van der Waals surface area contributed by atoms with Gasteiger partial charge < -0.3 is 10.1 Å². The van der Waals surface area contributed by atoms with Crippen molar-refractivity contribution in [1.29, 1.82) is 0 Å². The SMILES string of the molecule is COCC(C)NS(=O)(=O)c1ccc(NC(=O)c2ccccc2)cc1. The predicted molar refractivity (Wildman–Crippen MR) is 92.5 cm³/mol. The minimum Gasteiger partial charge on any atom is -0.383 e. The van der Waals surface area contributed by atoms with Crippen molar-refractivity contribution in [2.24, 2.45) is 0 Å². The molecule has 0 radical (unpaired) electrons. The molecule has 2 N–H and O–H groups in total. The topological polar surface area (TPSA) is 84.5 Å². The molecule has 0 aromatic heterocycles. The van der Waals surface area contributed by atoms with Gasteiger partial charge in [0.25, 0.3) is 5.91 Å². The molecule has 0 spiro atoms. The van der Waals surface area contributed by atoms with Crippen molar-refractivity contribution < 1.29 is 17.9 Å². The lowest BCUT2D eigenvalue weighted by Gasteiger charge is -2.13. The summed E-state index contributed by atoms with van der Waals surface area (Å²) in [5.74, 6) is -0.252. The molecule has 0 aliphatic rings. The Morgan fingerprint density at radius 2 is 1.71 bits per heavy atom. The van der Waals surface area contributed by atoms with Gasteiger partial charge in [-0.05, 0) is 43.3 Å². The second kappa shape index (κ2) is 8.05. The highest BCUT2D eigenvalue weighted by Crippen LogP contribution is 2.15. The van der Waals surface area contributed by atoms with Gasteiger partial charge in [0.15, 0.2) is 0 Å². The van der Waals surface area contributed by atoms with E-state index >= 15 is 0 Å². The van der Waals surface area contributed by atoms with E-state index in [0.717, 1.165) is 0 Å². The van der Waals surface area contributed by atoms with Crippen molar-refractivity contribution in [3.05, 3.63) is 60.2 Å². The number of hydrogen-bond donors (Lipinski definition) is 2. The van der Waals surface area contributed by atoms with Crippen LogP contribution in [0.15, 0.2) is 59.5 Å². The zero-order valence-corrected chi connectivity index (χ0v) is 14.3. The molecule has 1 amide bonds. The Bertz CT molecular complexity index is 774. The van der Waals surface area contributed by atoms with Crippen LogP contribution in [0.5, 0.6) is 0 Å². The molecular weight excluding hydrogens is 328 g/mol. The van der Waals surface area contributed by atoms with Gasteiger partial charge in [-0.2, -0.15) is 0 Å². The van der Waals surface area contributed by atoms with E-state index in [2.05, 4.69) is 10.0 Å². The second-order valence-corrected chi connectivity index (χ2v) is 7.04. The molecule has 0 aliphatic heterocycles. The molecule has 6 nitrogen and oxygen atoms in total. The van der Waals surface area contributed by atoms with Crippen molar-refractivity contribution in [3.8, 4) is 0 Å². The number of methoxy groups -OCH3 is 1. The number of carbonyl (C=O) groups excluding carboxylic acids is 1. The Morgan fingerprint density at radius 3 is 2.29 bits per heavy atom. The number of nitrogens with one attached hydrogen (secondary N) is 2. The normalized spacial score (nSPS) is 12.6. The van der Waals surface area contributed by atoms with Gasteiger partial charge in [0.05, 0.1) is 11.5 Å². The van der Waals surface area contributed by atoms with Crippen LogP contribution in [0.4, 0.5) is 5.69 Å². The van der Waals surface area contributed by atoms with Gasteiger partial charge in [-0.3, -0.25) is 4.79 Å². The third-order valence-corrected chi connectivity index (χ3v) is 4.84. The summed E-state index contributed by atoms with van der Waals surface area (Å²) in [7, 11) is -2.11. The maximum Gasteiger partial charge on any atom is 0.255 e. The fourth-order valence-corrected chi connectivity index (χ4v) is 3.36. The van der Waals surface area contributed by atoms with Gasteiger partial charge in [0.1, 0.15) is 0 Å². The van der Waals surface area contributed by atoms with Gasteiger partial charge in [0, 0.05) is 24.4 Å². The molecule has 128 valence electrons. The average Bonchev–Trinajstić information content (AvgIpc) is 2.56. The van der Waals surface area contributed by atoms with Crippen LogP contribution in [0, 0.1) is 0 Å². The number of ether oxygens (including phenoxy) is 1. The summed E-state index contributed by atoms with van der Waals surface area (Å²) in [5.41, 5.74) is 1.05. The van der Waals surface area contributed by atoms with Crippen molar-refractivity contribution in [2.75, 3.05) is 19.0 Å². The molecule has 0 saturated heterocycles. The molecular formula is C17H20N2O4S. The first kappa shape index (κ1) is 18.1. The first-order valence-corrected chi connectivity index (χ1v) is 8.88. The summed E-state index contributed by atoms with van der Waals surface area (Å²) in [6.07, 6.45) is 0. The van der Waals surface area contributed by atoms with Crippen LogP contribution in [-0.4, -0.2) is 34.1 Å². The molecule has 2 aromatic rings. The maximum atomic E-state index is 12.2. The Hall–Kier alpha value is -2.22. The number of rotatable bonds is 7. The molecule has 1 unspecified atom stereocenters. The van der Waals surface area contributed by atoms with Gasteiger partial charge in [-0.15, -0.1) is 0 Å². The summed E-state index contributed by atoms with van der Waals surface area (Å²) in [6, 6.07) is 14.4. The first-order valence-electron chi connectivity index (χ1n) is 7.40. The van der Waals surface area contributed by atoms with E-state index in [9.17, 15) is 13.2 Å². The second-order valence-electron chi connectivity index (χ2n) is 5.32. The Labute approximate surface area is 141 Å². The summed E-state index contributed by atoms with van der Waals surface area (Å²) in [4.78, 5) is 12.2. The number of hydrogen-bond acceptors (Lipinski definition) is 4. The van der Waals surface area contributed by atoms with Crippen molar-refractivity contribution in [2.45, 2.75) is 17.9 Å². The van der Waals surface area contributed by atoms with Crippen molar-refractivity contribution in [3.63, 3.8) is 0 Å². The highest BCUT2D eigenvalue weighted by atomic mass is 32.2. The van der Waals surface area contributed by atoms with Gasteiger partial charge in [-0.25, -0.2) is 13.1 Å². The van der Waals surface area contributed by atoms with Crippen molar-refractivity contribution >= 4 is 21.6 Å². The van der Waals surface area contributed by atoms with Gasteiger partial charge in [-0.1, -0.05) is 18.2 Å². The van der Waals surface area contributed by atoms with E-state index in [-0.39, 0.29) is 23.5 Å². The molecule has 0 saturated carbocycles. The van der Waals surface area contributed by atoms with Crippen LogP contribution in [-0.2, 0) is 14.8 Å². The van der Waals surface area contributed by atoms with E-state index in [1.165, 1.54) is 19.2 Å². The zero-order valence-electron chi connectivity index (χ0n) is 13.5. The molecule has 0 aliphatic carbocycles. The summed E-state index contributed by atoms with van der Waals surface area (Å²) < 4.78 is 31.9. The molecule has 2 aromatic carbocycles. The van der Waals surface area contributed by atoms with Crippen LogP contribution in [0.25, 0.3) is 0 Å². The fraction of sp³-hybridized carbons (Fsp3) is 0.235. The van der Waals surface area contributed by atoms with Gasteiger partial charge >= 0.3 is 0 Å². The molecule has 24 heavy (non-hydrogen) atoms. The third-order valence-electron chi connectivity index (χ3n) is 3.23. The van der Waals surface area contributed by atoms with Crippen LogP contribution in [0.1, 0.15) is 17.3 Å². The highest BCUT2D eigenvalue weighted by molar-refractivity contribution is 7.89. The number of amides is 1. The fourth-order valence-electron chi connectivity index (χ4n) is 2.13. The standard InChI is InChI=1S/C17H20N2O4S/c1-13(12-23-2)19-24(21,22)16-10-8-15(9-11-16)18-17(20)14-6-4-3-5-7-14/h3-11,13,19H,12H2,1-2H3,(H,18,20). The monoisotopic (exact) mass is 348 g/mol. The quantitative estimate of drug-likeness (QED) is 0.804. The largest absolute Gasteiger partial charge is 0.383 e. The predicted octanol–water partition coefficient (Wildman–Crippen LogP) is 2.25. The highest BCUT2D eigenvalue weighted by Gasteiger charge is 2.17. The average molecular weight is 348 g/mol. The molecule has 2 rings (SSSR count). The minimum absolute atomic E-state index is 0.128. The maximum absolute atomic E-state index is 12.2. The van der Waals surface area contributed by atoms with E-state index in [1.54, 1.807) is 43.3 Å². The summed E-state index contributed by atoms with van der Waals surface area (Å²) in [6.45, 7) is 2.00. The molecule has 0 heterocycles. The van der Waals surface area contributed by atoms with Crippen molar-refractivity contribution in [1.82, 2.24) is 4.72 Å². The lowest BCUT2D eigenvalue weighted by atomic mass is 10.2. The smallest absolute Gasteiger partial charge is 0.255 e. The van der Waals surface area contributed by atoms with E-state index in [0.29, 0.717) is 11.3 Å². The van der Waals surface area contributed by atoms with Crippen LogP contribution >= 0.6 is 0 Å². The van der Waals surface area contributed by atoms with E-state index < -0.39 is 10.0 Å². The number of carbonyl (C=O) groups is 1. The number of benzene rings is 2. The van der Waals surface area contributed by atoms with E-state index in [1.807, 2.05) is 6.07 Å². The molecule has 7 heteroatoms. The van der Waals surface area contributed by atoms with Gasteiger partial charge in [0.2, 0.25) is 10.0 Å². The lowest BCUT2D eigenvalue weighted by molar-refractivity contribution is 0.102. The van der Waals surface area contributed by atoms with Crippen LogP contribution in [0.3, 0.4) is 0 Å². The number of sulfonamides is 1. The van der Waals surface area contributed by atoms with E-state index in [4.69, 9.17) is 4.74 Å². The molecule has 0 bridgehead atoms. The first-order chi connectivity index (χ1) is 11.4. The van der Waals surface area contributed by atoms with Crippen LogP contribution < -0.4 is 10.0 Å². The number of anilines is 1. The third kappa shape index (κ3) is 4.89.